The molecule has 2 heterocycles. The van der Waals surface area contributed by atoms with Gasteiger partial charge in [0, 0.05) is 17.1 Å². The maximum absolute atomic E-state index is 11.6. The van der Waals surface area contributed by atoms with Gasteiger partial charge in [0.2, 0.25) is 11.7 Å². The Balaban J connectivity index is 1.69. The van der Waals surface area contributed by atoms with Gasteiger partial charge >= 0.3 is 0 Å². The first-order valence-electron chi connectivity index (χ1n) is 6.99. The maximum atomic E-state index is 11.6. The summed E-state index contributed by atoms with van der Waals surface area (Å²) in [7, 11) is 0. The number of ether oxygens (including phenoxy) is 1. The van der Waals surface area contributed by atoms with Crippen molar-refractivity contribution >= 4 is 17.5 Å². The van der Waals surface area contributed by atoms with E-state index >= 15 is 0 Å². The van der Waals surface area contributed by atoms with Crippen molar-refractivity contribution < 1.29 is 14.1 Å². The summed E-state index contributed by atoms with van der Waals surface area (Å²) in [4.78, 5) is 17.0. The molecule has 1 aromatic heterocycles. The highest BCUT2D eigenvalue weighted by Crippen LogP contribution is 2.39. The molecule has 110 valence electrons. The van der Waals surface area contributed by atoms with Gasteiger partial charge in [-0.3, -0.25) is 4.79 Å². The van der Waals surface area contributed by atoms with Gasteiger partial charge in [-0.15, -0.1) is 11.8 Å². The average Bonchev–Trinajstić information content (AvgIpc) is 2.95. The van der Waals surface area contributed by atoms with Gasteiger partial charge in [-0.2, -0.15) is 4.98 Å². The van der Waals surface area contributed by atoms with Gasteiger partial charge in [-0.25, -0.2) is 0 Å². The first-order valence-corrected chi connectivity index (χ1v) is 7.97. The smallest absolute Gasteiger partial charge is 0.234 e. The number of Topliss-reactive ketones (excluding diaryl/α,β-unsaturated/α-hetero) is 1. The molecule has 1 aliphatic rings. The third kappa shape index (κ3) is 3.26. The predicted octanol–water partition coefficient (Wildman–Crippen LogP) is 3.21. The van der Waals surface area contributed by atoms with Crippen LogP contribution in [0.2, 0.25) is 0 Å². The molecule has 0 amide bonds. The molecule has 6 heteroatoms. The minimum absolute atomic E-state index is 0.122. The molecule has 2 aromatic rings. The molecule has 0 aliphatic carbocycles. The zero-order valence-corrected chi connectivity index (χ0v) is 12.6. The van der Waals surface area contributed by atoms with Gasteiger partial charge in [0.15, 0.2) is 6.10 Å². The number of rotatable bonds is 5. The van der Waals surface area contributed by atoms with E-state index in [9.17, 15) is 4.79 Å². The molecule has 21 heavy (non-hydrogen) atoms. The molecule has 0 fully saturated rings. The second kappa shape index (κ2) is 6.30. The van der Waals surface area contributed by atoms with Crippen LogP contribution in [-0.2, 0) is 11.2 Å². The Morgan fingerprint density at radius 1 is 1.43 bits per heavy atom. The second-order valence-electron chi connectivity index (χ2n) is 4.88. The fraction of sp³-hybridized carbons (Fsp3) is 0.400. The van der Waals surface area contributed by atoms with Gasteiger partial charge < -0.3 is 9.26 Å². The fourth-order valence-corrected chi connectivity index (χ4v) is 3.13. The molecule has 3 rings (SSSR count). The normalized spacial score (nSPS) is 17.1. The van der Waals surface area contributed by atoms with Crippen LogP contribution in [0.25, 0.3) is 0 Å². The molecule has 1 unspecified atom stereocenters. The fourth-order valence-electron chi connectivity index (χ4n) is 2.15. The van der Waals surface area contributed by atoms with E-state index in [0.29, 0.717) is 18.1 Å². The molecule has 0 saturated heterocycles. The summed E-state index contributed by atoms with van der Waals surface area (Å²) >= 11 is 1.71. The number of carbonyl (C=O) groups is 1. The quantitative estimate of drug-likeness (QED) is 0.845. The van der Waals surface area contributed by atoms with E-state index in [1.54, 1.807) is 11.8 Å². The van der Waals surface area contributed by atoms with Crippen LogP contribution < -0.4 is 4.74 Å². The number of ketones is 1. The van der Waals surface area contributed by atoms with Gasteiger partial charge in [0.05, 0.1) is 6.42 Å². The highest BCUT2D eigenvalue weighted by Gasteiger charge is 2.26. The summed E-state index contributed by atoms with van der Waals surface area (Å²) in [5, 5.41) is 3.95. The minimum Gasteiger partial charge on any atom is -0.480 e. The summed E-state index contributed by atoms with van der Waals surface area (Å²) < 4.78 is 11.0. The lowest BCUT2D eigenvalue weighted by Gasteiger charge is -2.22. The average molecular weight is 304 g/mol. The number of carbonyl (C=O) groups excluding carboxylic acids is 1. The number of thioether (sulfide) groups is 1. The van der Waals surface area contributed by atoms with Crippen LogP contribution in [0, 0.1) is 0 Å². The van der Waals surface area contributed by atoms with E-state index in [0.717, 1.165) is 22.8 Å². The Morgan fingerprint density at radius 2 is 2.29 bits per heavy atom. The van der Waals surface area contributed by atoms with Crippen molar-refractivity contribution in [3.05, 3.63) is 36.0 Å². The molecule has 5 nitrogen and oxygen atoms in total. The lowest BCUT2D eigenvalue weighted by atomic mass is 10.2. The third-order valence-electron chi connectivity index (χ3n) is 3.16. The van der Waals surface area contributed by atoms with Crippen LogP contribution in [0.1, 0.15) is 37.6 Å². The van der Waals surface area contributed by atoms with Crippen LogP contribution in [0.15, 0.2) is 33.7 Å². The number of fused-ring (bicyclic) bond motifs is 1. The summed E-state index contributed by atoms with van der Waals surface area (Å²) in [6.45, 7) is 1.97. The van der Waals surface area contributed by atoms with Gasteiger partial charge in [-0.1, -0.05) is 24.2 Å². The molecule has 0 N–H and O–H groups in total. The molecule has 0 bridgehead atoms. The highest BCUT2D eigenvalue weighted by atomic mass is 32.2. The summed E-state index contributed by atoms with van der Waals surface area (Å²) in [5.74, 6) is 2.58. The standard InChI is InChI=1S/C15H16N2O3S/c1-2-5-10(18)8-14-16-15(17-20-14)12-9-21-13-7-4-3-6-11(13)19-12/h3-4,6-7,12H,2,5,8-9H2,1H3. The SMILES string of the molecule is CCCC(=O)Cc1nc(C2CSc3ccccc3O2)no1. The molecule has 1 atom stereocenters. The van der Waals surface area contributed by atoms with E-state index in [1.165, 1.54) is 0 Å². The number of aromatic nitrogens is 2. The van der Waals surface area contributed by atoms with E-state index < -0.39 is 0 Å². The Morgan fingerprint density at radius 3 is 3.14 bits per heavy atom. The van der Waals surface area contributed by atoms with Crippen LogP contribution in [0.4, 0.5) is 0 Å². The van der Waals surface area contributed by atoms with Gasteiger partial charge in [0.25, 0.3) is 0 Å². The molecule has 0 spiro atoms. The topological polar surface area (TPSA) is 65.2 Å². The Kier molecular flexibility index (Phi) is 4.24. The number of hydrogen-bond acceptors (Lipinski definition) is 6. The van der Waals surface area contributed by atoms with Crippen molar-refractivity contribution in [2.75, 3.05) is 5.75 Å². The van der Waals surface area contributed by atoms with Crippen molar-refractivity contribution in [2.45, 2.75) is 37.2 Å². The Labute approximate surface area is 127 Å². The van der Waals surface area contributed by atoms with Crippen molar-refractivity contribution in [1.82, 2.24) is 10.1 Å². The number of para-hydroxylation sites is 1. The van der Waals surface area contributed by atoms with E-state index in [1.807, 2.05) is 31.2 Å². The zero-order chi connectivity index (χ0) is 14.7. The van der Waals surface area contributed by atoms with Crippen LogP contribution in [-0.4, -0.2) is 21.7 Å². The first kappa shape index (κ1) is 14.1. The van der Waals surface area contributed by atoms with Crippen molar-refractivity contribution in [3.8, 4) is 5.75 Å². The highest BCUT2D eigenvalue weighted by molar-refractivity contribution is 7.99. The molecule has 1 aliphatic heterocycles. The van der Waals surface area contributed by atoms with Crippen molar-refractivity contribution in [1.29, 1.82) is 0 Å². The van der Waals surface area contributed by atoms with Crippen molar-refractivity contribution in [3.63, 3.8) is 0 Å². The van der Waals surface area contributed by atoms with Crippen LogP contribution >= 0.6 is 11.8 Å². The maximum Gasteiger partial charge on any atom is 0.234 e. The lowest BCUT2D eigenvalue weighted by molar-refractivity contribution is -0.118. The van der Waals surface area contributed by atoms with E-state index in [2.05, 4.69) is 10.1 Å². The van der Waals surface area contributed by atoms with Gasteiger partial charge in [0.1, 0.15) is 11.5 Å². The summed E-state index contributed by atoms with van der Waals surface area (Å²) in [5.41, 5.74) is 0. The zero-order valence-electron chi connectivity index (χ0n) is 11.7. The predicted molar refractivity (Wildman–Crippen MR) is 78.5 cm³/mol. The summed E-state index contributed by atoms with van der Waals surface area (Å²) in [6, 6.07) is 7.88. The summed E-state index contributed by atoms with van der Waals surface area (Å²) in [6.07, 6.45) is 1.35. The van der Waals surface area contributed by atoms with Crippen LogP contribution in [0.3, 0.4) is 0 Å². The Hall–Kier alpha value is -1.82. The number of nitrogens with zero attached hydrogens (tertiary/aromatic N) is 2. The number of benzene rings is 1. The van der Waals surface area contributed by atoms with Crippen LogP contribution in [0.5, 0.6) is 5.75 Å². The lowest BCUT2D eigenvalue weighted by Crippen LogP contribution is -2.16. The molecular weight excluding hydrogens is 288 g/mol. The van der Waals surface area contributed by atoms with E-state index in [4.69, 9.17) is 9.26 Å². The van der Waals surface area contributed by atoms with E-state index in [-0.39, 0.29) is 18.3 Å². The monoisotopic (exact) mass is 304 g/mol. The molecular formula is C15H16N2O3S. The molecule has 1 aromatic carbocycles. The van der Waals surface area contributed by atoms with Crippen molar-refractivity contribution in [2.24, 2.45) is 0 Å². The minimum atomic E-state index is -0.233. The molecule has 0 saturated carbocycles. The second-order valence-corrected chi connectivity index (χ2v) is 5.94. The Bertz CT molecular complexity index is 641. The third-order valence-corrected chi connectivity index (χ3v) is 4.28. The first-order chi connectivity index (χ1) is 10.3. The number of hydrogen-bond donors (Lipinski definition) is 0. The van der Waals surface area contributed by atoms with Gasteiger partial charge in [-0.05, 0) is 18.6 Å². The molecule has 0 radical (unpaired) electrons. The largest absolute Gasteiger partial charge is 0.480 e.